The highest BCUT2D eigenvalue weighted by Gasteiger charge is 2.39. The highest BCUT2D eigenvalue weighted by Crippen LogP contribution is 2.31. The van der Waals surface area contributed by atoms with Gasteiger partial charge in [0.05, 0.1) is 13.2 Å². The van der Waals surface area contributed by atoms with Crippen LogP contribution in [0.1, 0.15) is 0 Å². The molecule has 0 heterocycles. The highest BCUT2D eigenvalue weighted by molar-refractivity contribution is 7.25. The largest absolute Gasteiger partial charge is 0.352 e. The zero-order chi connectivity index (χ0) is 18.2. The summed E-state index contributed by atoms with van der Waals surface area (Å²) in [6.07, 6.45) is -4.46. The fourth-order valence-corrected chi connectivity index (χ4v) is 3.49. The lowest BCUT2D eigenvalue weighted by molar-refractivity contribution is -0.0741. The van der Waals surface area contributed by atoms with Crippen molar-refractivity contribution >= 4 is 53.9 Å². The standard InChI is InChI=1S/C6H18O12P6/c7-19-13-1-3(15-21-9)5(17-23-11)6(18-24-12)4(16-22-10)2-14-20-8/h3-11,19-23H,1-2H2. The Balaban J connectivity index is 5.34. The summed E-state index contributed by atoms with van der Waals surface area (Å²) < 4.78 is 40.7. The van der Waals surface area contributed by atoms with Crippen LogP contribution in [-0.4, -0.2) is 62.1 Å². The normalized spacial score (nSPS) is 19.4. The molecule has 24 heavy (non-hydrogen) atoms. The zero-order valence-corrected chi connectivity index (χ0v) is 17.7. The van der Waals surface area contributed by atoms with E-state index < -0.39 is 78.3 Å². The molecule has 0 rings (SSSR count). The minimum absolute atomic E-state index is 0.246. The molecule has 9 unspecified atom stereocenters. The summed E-state index contributed by atoms with van der Waals surface area (Å²) in [7, 11) is -5.48. The topological polar surface area (TPSA) is 174 Å². The van der Waals surface area contributed by atoms with E-state index >= 15 is 0 Å². The molecule has 0 aromatic rings. The molecule has 0 aromatic heterocycles. The second-order valence-electron chi connectivity index (χ2n) is 3.62. The summed E-state index contributed by atoms with van der Waals surface area (Å²) >= 11 is 0. The van der Waals surface area contributed by atoms with Crippen LogP contribution in [0.15, 0.2) is 0 Å². The minimum atomic E-state index is -1.20. The molecule has 0 aliphatic carbocycles. The summed E-state index contributed by atoms with van der Waals surface area (Å²) in [6, 6.07) is 0. The summed E-state index contributed by atoms with van der Waals surface area (Å²) in [5.41, 5.74) is 0. The molecule has 5 N–H and O–H groups in total. The molecule has 0 aliphatic rings. The van der Waals surface area contributed by atoms with Crippen molar-refractivity contribution in [1.82, 2.24) is 0 Å². The number of rotatable bonds is 17. The molecule has 9 atom stereocenters. The molecule has 0 spiro atoms. The third kappa shape index (κ3) is 10.8. The molecule has 0 amide bonds. The number of hydrogen-bond acceptors (Lipinski definition) is 12. The van der Waals surface area contributed by atoms with Crippen LogP contribution < -0.4 is 0 Å². The predicted molar refractivity (Wildman–Crippen MR) is 91.7 cm³/mol. The fraction of sp³-hybridized carbons (Fsp3) is 1.00. The molecule has 0 fully saturated rings. The van der Waals surface area contributed by atoms with Gasteiger partial charge in [-0.2, -0.15) is 0 Å². The average molecular weight is 468 g/mol. The van der Waals surface area contributed by atoms with Crippen LogP contribution in [0.5, 0.6) is 0 Å². The second kappa shape index (κ2) is 18.2. The average Bonchev–Trinajstić information content (AvgIpc) is 2.59. The molecule has 0 saturated heterocycles. The third-order valence-corrected chi connectivity index (χ3v) is 4.56. The van der Waals surface area contributed by atoms with E-state index in [1.54, 1.807) is 0 Å². The Morgan fingerprint density at radius 3 is 1.54 bits per heavy atom. The van der Waals surface area contributed by atoms with Gasteiger partial charge >= 0.3 is 8.69 Å². The molecule has 18 heteroatoms. The summed E-state index contributed by atoms with van der Waals surface area (Å²) in [4.78, 5) is 44.6. The van der Waals surface area contributed by atoms with Crippen LogP contribution in [0.2, 0.25) is 0 Å². The van der Waals surface area contributed by atoms with E-state index in [9.17, 15) is 4.57 Å². The monoisotopic (exact) mass is 468 g/mol. The Kier molecular flexibility index (Phi) is 19.6. The van der Waals surface area contributed by atoms with Gasteiger partial charge in [-0.1, -0.05) is 0 Å². The van der Waals surface area contributed by atoms with Gasteiger partial charge in [-0.05, 0) is 0 Å². The number of hydrogen-bond donors (Lipinski definition) is 5. The van der Waals surface area contributed by atoms with E-state index in [2.05, 4.69) is 0 Å². The molecule has 0 aromatic carbocycles. The van der Waals surface area contributed by atoms with Gasteiger partial charge in [-0.3, -0.25) is 4.52 Å². The molecular formula is C6H18O12P6. The Morgan fingerprint density at radius 1 is 0.708 bits per heavy atom. The van der Waals surface area contributed by atoms with Crippen molar-refractivity contribution in [1.29, 1.82) is 0 Å². The highest BCUT2D eigenvalue weighted by atomic mass is 31.1. The molecule has 0 bridgehead atoms. The van der Waals surface area contributed by atoms with E-state index in [-0.39, 0.29) is 13.2 Å². The first-order chi connectivity index (χ1) is 11.7. The molecule has 0 radical (unpaired) electrons. The van der Waals surface area contributed by atoms with Crippen molar-refractivity contribution in [3.05, 3.63) is 0 Å². The molecule has 0 aliphatic heterocycles. The van der Waals surface area contributed by atoms with Crippen LogP contribution in [0.3, 0.4) is 0 Å². The van der Waals surface area contributed by atoms with Crippen molar-refractivity contribution in [2.75, 3.05) is 13.2 Å². The maximum absolute atomic E-state index is 10.9. The van der Waals surface area contributed by atoms with Crippen LogP contribution in [0, 0.1) is 0 Å². The lowest BCUT2D eigenvalue weighted by atomic mass is 10.0. The Hall–Kier alpha value is 1.81. The fourth-order valence-electron chi connectivity index (χ4n) is 1.57. The summed E-state index contributed by atoms with van der Waals surface area (Å²) in [6.45, 7) is -0.502. The Labute approximate surface area is 148 Å². The maximum Gasteiger partial charge on any atom is 0.327 e. The second-order valence-corrected chi connectivity index (χ2v) is 6.18. The minimum Gasteiger partial charge on any atom is -0.352 e. The van der Waals surface area contributed by atoms with Crippen LogP contribution in [0.25, 0.3) is 0 Å². The predicted octanol–water partition coefficient (Wildman–Crippen LogP) is 0.271. The van der Waals surface area contributed by atoms with Gasteiger partial charge in [0, 0.05) is 0 Å². The van der Waals surface area contributed by atoms with Gasteiger partial charge in [0.2, 0.25) is 0 Å². The van der Waals surface area contributed by atoms with E-state index in [0.29, 0.717) is 0 Å². The lowest BCUT2D eigenvalue weighted by Gasteiger charge is -2.33. The molecule has 12 nitrogen and oxygen atoms in total. The van der Waals surface area contributed by atoms with E-state index in [4.69, 9.17) is 51.6 Å². The first kappa shape index (κ1) is 25.8. The Morgan fingerprint density at radius 2 is 1.17 bits per heavy atom. The smallest absolute Gasteiger partial charge is 0.327 e. The van der Waals surface area contributed by atoms with Crippen molar-refractivity contribution in [2.45, 2.75) is 24.4 Å². The van der Waals surface area contributed by atoms with E-state index in [1.165, 1.54) is 0 Å². The molecule has 144 valence electrons. The quantitative estimate of drug-likeness (QED) is 0.185. The lowest BCUT2D eigenvalue weighted by Crippen LogP contribution is -2.49. The van der Waals surface area contributed by atoms with Gasteiger partial charge in [0.15, 0.2) is 45.2 Å². The van der Waals surface area contributed by atoms with Crippen molar-refractivity contribution in [3.8, 4) is 0 Å². The third-order valence-electron chi connectivity index (χ3n) is 2.44. The van der Waals surface area contributed by atoms with Gasteiger partial charge in [-0.15, -0.1) is 0 Å². The van der Waals surface area contributed by atoms with E-state index in [1.807, 2.05) is 0 Å². The summed E-state index contributed by atoms with van der Waals surface area (Å²) in [5, 5.41) is 0. The van der Waals surface area contributed by atoms with Crippen LogP contribution in [0.4, 0.5) is 0 Å². The van der Waals surface area contributed by atoms with Gasteiger partial charge < -0.3 is 47.1 Å². The Bertz CT molecular complexity index is 303. The molecular weight excluding hydrogens is 450 g/mol. The zero-order valence-electron chi connectivity index (χ0n) is 11.8. The first-order valence-corrected chi connectivity index (χ1v) is 10.8. The van der Waals surface area contributed by atoms with Crippen LogP contribution >= 0.6 is 53.9 Å². The van der Waals surface area contributed by atoms with Gasteiger partial charge in [0.1, 0.15) is 24.4 Å². The molecule has 0 saturated carbocycles. The first-order valence-electron chi connectivity index (χ1n) is 5.84. The van der Waals surface area contributed by atoms with Crippen molar-refractivity contribution in [2.24, 2.45) is 0 Å². The van der Waals surface area contributed by atoms with E-state index in [0.717, 1.165) is 0 Å². The van der Waals surface area contributed by atoms with Crippen molar-refractivity contribution < 1.29 is 56.2 Å². The van der Waals surface area contributed by atoms with Crippen LogP contribution in [-0.2, 0) is 31.7 Å². The summed E-state index contributed by atoms with van der Waals surface area (Å²) in [5.74, 6) is 0. The van der Waals surface area contributed by atoms with Crippen molar-refractivity contribution in [3.63, 3.8) is 0 Å². The SMILES string of the molecule is O=POC(C(COPO)OPO)C(OPO)C(COPO)OPO. The maximum atomic E-state index is 10.9. The van der Waals surface area contributed by atoms with Gasteiger partial charge in [0.25, 0.3) is 0 Å². The van der Waals surface area contributed by atoms with Gasteiger partial charge in [-0.25, -0.2) is 4.57 Å².